The fourth-order valence-electron chi connectivity index (χ4n) is 4.83. The van der Waals surface area contributed by atoms with E-state index in [-0.39, 0.29) is 41.2 Å². The highest BCUT2D eigenvalue weighted by Gasteiger charge is 2.36. The van der Waals surface area contributed by atoms with Gasteiger partial charge in [-0.1, -0.05) is 45.6 Å². The van der Waals surface area contributed by atoms with Crippen LogP contribution < -0.4 is 10.6 Å². The lowest BCUT2D eigenvalue weighted by Crippen LogP contribution is -2.61. The molecule has 192 valence electrons. The maximum atomic E-state index is 13.5. The highest BCUT2D eigenvalue weighted by Crippen LogP contribution is 2.20. The van der Waals surface area contributed by atoms with Gasteiger partial charge in [0.1, 0.15) is 6.04 Å². The SMILES string of the molecule is CCC(C)C(NC(=O)c1cccc([N+](=O)[O-])c1)C(=O)N1CCN(C(=O)NC2CCCCC2)C(C)C1. The number of rotatable bonds is 7. The zero-order valence-electron chi connectivity index (χ0n) is 20.9. The Morgan fingerprint density at radius 2 is 1.89 bits per heavy atom. The molecule has 10 heteroatoms. The minimum absolute atomic E-state index is 0.0750. The van der Waals surface area contributed by atoms with Crippen LogP contribution in [0.1, 0.15) is 69.7 Å². The predicted octanol–water partition coefficient (Wildman–Crippen LogP) is 3.31. The van der Waals surface area contributed by atoms with Crippen LogP contribution in [0.15, 0.2) is 24.3 Å². The predicted molar refractivity (Wildman–Crippen MR) is 132 cm³/mol. The maximum Gasteiger partial charge on any atom is 0.317 e. The molecule has 35 heavy (non-hydrogen) atoms. The second-order valence-electron chi connectivity index (χ2n) is 9.76. The smallest absolute Gasteiger partial charge is 0.317 e. The van der Waals surface area contributed by atoms with Crippen LogP contribution in [-0.2, 0) is 4.79 Å². The number of nitro benzene ring substituents is 1. The Kier molecular flexibility index (Phi) is 9.06. The topological polar surface area (TPSA) is 125 Å². The molecule has 1 heterocycles. The largest absolute Gasteiger partial charge is 0.340 e. The number of nitro groups is 1. The molecule has 4 amide bonds. The molecule has 10 nitrogen and oxygen atoms in total. The first-order chi connectivity index (χ1) is 16.7. The fraction of sp³-hybridized carbons (Fsp3) is 0.640. The molecule has 0 aromatic heterocycles. The van der Waals surface area contributed by atoms with Gasteiger partial charge in [0.2, 0.25) is 5.91 Å². The highest BCUT2D eigenvalue weighted by atomic mass is 16.6. The van der Waals surface area contributed by atoms with Crippen molar-refractivity contribution in [3.63, 3.8) is 0 Å². The number of nitrogens with one attached hydrogen (secondary N) is 2. The molecule has 1 aromatic carbocycles. The number of amides is 4. The summed E-state index contributed by atoms with van der Waals surface area (Å²) in [5, 5.41) is 17.0. The summed E-state index contributed by atoms with van der Waals surface area (Å²) in [6.07, 6.45) is 6.20. The molecule has 0 bridgehead atoms. The van der Waals surface area contributed by atoms with Gasteiger partial charge >= 0.3 is 6.03 Å². The van der Waals surface area contributed by atoms with Crippen molar-refractivity contribution < 1.29 is 19.3 Å². The number of hydrogen-bond acceptors (Lipinski definition) is 5. The van der Waals surface area contributed by atoms with Gasteiger partial charge in [-0.05, 0) is 31.7 Å². The monoisotopic (exact) mass is 487 g/mol. The van der Waals surface area contributed by atoms with Crippen LogP contribution in [0.2, 0.25) is 0 Å². The molecule has 2 N–H and O–H groups in total. The third-order valence-corrected chi connectivity index (χ3v) is 7.22. The zero-order valence-corrected chi connectivity index (χ0v) is 20.9. The minimum Gasteiger partial charge on any atom is -0.340 e. The normalized spacial score (nSPS) is 20.6. The van der Waals surface area contributed by atoms with E-state index in [1.807, 2.05) is 20.8 Å². The molecule has 3 rings (SSSR count). The summed E-state index contributed by atoms with van der Waals surface area (Å²) >= 11 is 0. The molecule has 3 unspecified atom stereocenters. The van der Waals surface area contributed by atoms with E-state index in [0.717, 1.165) is 25.7 Å². The Bertz CT molecular complexity index is 933. The Balaban J connectivity index is 1.63. The molecule has 1 saturated heterocycles. The number of piperazine rings is 1. The van der Waals surface area contributed by atoms with Crippen molar-refractivity contribution in [3.8, 4) is 0 Å². The average Bonchev–Trinajstić information content (AvgIpc) is 2.86. The van der Waals surface area contributed by atoms with Gasteiger partial charge in [0, 0.05) is 49.4 Å². The lowest BCUT2D eigenvalue weighted by Gasteiger charge is -2.42. The molecule has 1 aromatic rings. The van der Waals surface area contributed by atoms with Crippen molar-refractivity contribution in [3.05, 3.63) is 39.9 Å². The van der Waals surface area contributed by atoms with E-state index in [1.54, 1.807) is 9.80 Å². The Morgan fingerprint density at radius 3 is 2.51 bits per heavy atom. The molecule has 1 aliphatic heterocycles. The molecule has 1 aliphatic carbocycles. The summed E-state index contributed by atoms with van der Waals surface area (Å²) in [6.45, 7) is 6.98. The van der Waals surface area contributed by atoms with Crippen LogP contribution in [0.4, 0.5) is 10.5 Å². The van der Waals surface area contributed by atoms with Crippen molar-refractivity contribution in [2.45, 2.75) is 77.4 Å². The summed E-state index contributed by atoms with van der Waals surface area (Å²) in [5.74, 6) is -0.851. The molecule has 2 aliphatic rings. The fourth-order valence-corrected chi connectivity index (χ4v) is 4.83. The lowest BCUT2D eigenvalue weighted by atomic mass is 9.95. The van der Waals surface area contributed by atoms with E-state index in [0.29, 0.717) is 26.1 Å². The summed E-state index contributed by atoms with van der Waals surface area (Å²) in [6, 6.07) is 4.70. The van der Waals surface area contributed by atoms with Gasteiger partial charge in [-0.2, -0.15) is 0 Å². The van der Waals surface area contributed by atoms with Gasteiger partial charge in [0.15, 0.2) is 0 Å². The van der Waals surface area contributed by atoms with Gasteiger partial charge in [-0.3, -0.25) is 19.7 Å². The maximum absolute atomic E-state index is 13.5. The van der Waals surface area contributed by atoms with Gasteiger partial charge in [-0.25, -0.2) is 4.79 Å². The van der Waals surface area contributed by atoms with Gasteiger partial charge in [0.25, 0.3) is 11.6 Å². The van der Waals surface area contributed by atoms with E-state index in [2.05, 4.69) is 10.6 Å². The molecule has 2 fully saturated rings. The lowest BCUT2D eigenvalue weighted by molar-refractivity contribution is -0.384. The second-order valence-corrected chi connectivity index (χ2v) is 9.76. The first kappa shape index (κ1) is 26.4. The third-order valence-electron chi connectivity index (χ3n) is 7.22. The Labute approximate surface area is 206 Å². The number of carbonyl (C=O) groups is 3. The quantitative estimate of drug-likeness (QED) is 0.451. The summed E-state index contributed by atoms with van der Waals surface area (Å²) in [7, 11) is 0. The van der Waals surface area contributed by atoms with E-state index in [9.17, 15) is 24.5 Å². The van der Waals surface area contributed by atoms with Crippen molar-refractivity contribution in [2.75, 3.05) is 19.6 Å². The van der Waals surface area contributed by atoms with E-state index in [1.165, 1.54) is 30.7 Å². The zero-order chi connectivity index (χ0) is 25.5. The van der Waals surface area contributed by atoms with Gasteiger partial charge < -0.3 is 20.4 Å². The van der Waals surface area contributed by atoms with Crippen LogP contribution in [-0.4, -0.2) is 70.3 Å². The number of non-ortho nitro benzene ring substituents is 1. The molecular weight excluding hydrogens is 450 g/mol. The molecule has 1 saturated carbocycles. The highest BCUT2D eigenvalue weighted by molar-refractivity contribution is 5.98. The van der Waals surface area contributed by atoms with Crippen molar-refractivity contribution >= 4 is 23.5 Å². The van der Waals surface area contributed by atoms with Crippen LogP contribution in [0.3, 0.4) is 0 Å². The first-order valence-electron chi connectivity index (χ1n) is 12.6. The summed E-state index contributed by atoms with van der Waals surface area (Å²) in [5.41, 5.74) is -0.0432. The second kappa shape index (κ2) is 12.0. The van der Waals surface area contributed by atoms with Crippen molar-refractivity contribution in [1.29, 1.82) is 0 Å². The molecular formula is C25H37N5O5. The summed E-state index contributed by atoms with van der Waals surface area (Å²) < 4.78 is 0. The Hall–Kier alpha value is -3.17. The van der Waals surface area contributed by atoms with Crippen LogP contribution in [0.5, 0.6) is 0 Å². The molecule has 0 spiro atoms. The van der Waals surface area contributed by atoms with Crippen molar-refractivity contribution in [1.82, 2.24) is 20.4 Å². The number of benzene rings is 1. The van der Waals surface area contributed by atoms with E-state index < -0.39 is 16.9 Å². The standard InChI is InChI=1S/C25H37N5O5/c1-4-17(2)22(27-23(31)19-9-8-12-21(15-19)30(34)35)24(32)28-13-14-29(18(3)16-28)25(33)26-20-10-6-5-7-11-20/h8-9,12,15,17-18,20,22H,4-7,10-11,13-14,16H2,1-3H3,(H,26,33)(H,27,31). The van der Waals surface area contributed by atoms with E-state index in [4.69, 9.17) is 0 Å². The Morgan fingerprint density at radius 1 is 1.17 bits per heavy atom. The first-order valence-corrected chi connectivity index (χ1v) is 12.6. The van der Waals surface area contributed by atoms with Gasteiger partial charge in [-0.15, -0.1) is 0 Å². The number of nitrogens with zero attached hydrogens (tertiary/aromatic N) is 3. The number of urea groups is 1. The van der Waals surface area contributed by atoms with Crippen LogP contribution in [0.25, 0.3) is 0 Å². The van der Waals surface area contributed by atoms with Crippen molar-refractivity contribution in [2.24, 2.45) is 5.92 Å². The van der Waals surface area contributed by atoms with Crippen LogP contribution in [0, 0.1) is 16.0 Å². The number of carbonyl (C=O) groups excluding carboxylic acids is 3. The summed E-state index contributed by atoms with van der Waals surface area (Å²) in [4.78, 5) is 53.2. The van der Waals surface area contributed by atoms with Gasteiger partial charge in [0.05, 0.1) is 4.92 Å². The average molecular weight is 488 g/mol. The number of hydrogen-bond donors (Lipinski definition) is 2. The van der Waals surface area contributed by atoms with Crippen LogP contribution >= 0.6 is 0 Å². The molecule has 0 radical (unpaired) electrons. The third kappa shape index (κ3) is 6.70. The van der Waals surface area contributed by atoms with E-state index >= 15 is 0 Å². The minimum atomic E-state index is -0.762. The molecule has 3 atom stereocenters.